The van der Waals surface area contributed by atoms with Gasteiger partial charge in [0.05, 0.1) is 12.5 Å². The van der Waals surface area contributed by atoms with Crippen LogP contribution in [0.15, 0.2) is 12.2 Å². The minimum absolute atomic E-state index is 0.00487. The fourth-order valence-corrected chi connectivity index (χ4v) is 1.53. The molecule has 0 saturated carbocycles. The molecule has 2 unspecified atom stereocenters. The quantitative estimate of drug-likeness (QED) is 0.419. The summed E-state index contributed by atoms with van der Waals surface area (Å²) >= 11 is 0. The van der Waals surface area contributed by atoms with E-state index >= 15 is 0 Å². The summed E-state index contributed by atoms with van der Waals surface area (Å²) in [5.74, 6) is 0.143. The van der Waals surface area contributed by atoms with Gasteiger partial charge in [-0.2, -0.15) is 0 Å². The molecule has 2 N–H and O–H groups in total. The summed E-state index contributed by atoms with van der Waals surface area (Å²) in [5, 5.41) is 0. The predicted molar refractivity (Wildman–Crippen MR) is 61.8 cm³/mol. The van der Waals surface area contributed by atoms with E-state index in [1.807, 2.05) is 12.2 Å². The van der Waals surface area contributed by atoms with Gasteiger partial charge in [-0.15, -0.1) is 0 Å². The zero-order valence-corrected chi connectivity index (χ0v) is 10.0. The Labute approximate surface area is 96.8 Å². The normalized spacial score (nSPS) is 24.0. The van der Waals surface area contributed by atoms with Crippen LogP contribution in [-0.4, -0.2) is 31.8 Å². The fourth-order valence-electron chi connectivity index (χ4n) is 1.53. The van der Waals surface area contributed by atoms with Crippen molar-refractivity contribution >= 4 is 5.97 Å². The summed E-state index contributed by atoms with van der Waals surface area (Å²) in [4.78, 5) is 11.5. The van der Waals surface area contributed by atoms with Gasteiger partial charge in [-0.05, 0) is 12.3 Å². The average molecular weight is 227 g/mol. The van der Waals surface area contributed by atoms with Crippen molar-refractivity contribution in [2.75, 3.05) is 19.8 Å². The Kier molecular flexibility index (Phi) is 5.49. The van der Waals surface area contributed by atoms with Gasteiger partial charge >= 0.3 is 5.97 Å². The molecule has 1 aliphatic rings. The standard InChI is InChI=1S/C12H21NO3/c1-9(2)8-15-5-6-16-12(14)10-3-4-11(13)7-10/h3-4,9-11H,5-8,13H2,1-2H3. The second kappa shape index (κ2) is 6.66. The van der Waals surface area contributed by atoms with Crippen molar-refractivity contribution in [2.45, 2.75) is 26.3 Å². The van der Waals surface area contributed by atoms with Gasteiger partial charge in [-0.25, -0.2) is 0 Å². The lowest BCUT2D eigenvalue weighted by Crippen LogP contribution is -2.22. The Balaban J connectivity index is 2.05. The Morgan fingerprint density at radius 3 is 2.75 bits per heavy atom. The smallest absolute Gasteiger partial charge is 0.312 e. The third kappa shape index (κ3) is 4.77. The van der Waals surface area contributed by atoms with E-state index in [0.717, 1.165) is 0 Å². The Bertz CT molecular complexity index is 251. The SMILES string of the molecule is CC(C)COCCOC(=O)C1C=CC(N)C1. The number of hydrogen-bond donors (Lipinski definition) is 1. The summed E-state index contributed by atoms with van der Waals surface area (Å²) in [5.41, 5.74) is 5.65. The van der Waals surface area contributed by atoms with Crippen molar-refractivity contribution < 1.29 is 14.3 Å². The van der Waals surface area contributed by atoms with E-state index in [4.69, 9.17) is 15.2 Å². The molecule has 0 saturated heterocycles. The van der Waals surface area contributed by atoms with Crippen LogP contribution < -0.4 is 5.73 Å². The number of carbonyl (C=O) groups is 1. The van der Waals surface area contributed by atoms with E-state index in [-0.39, 0.29) is 17.9 Å². The molecule has 0 radical (unpaired) electrons. The molecular weight excluding hydrogens is 206 g/mol. The molecular formula is C12H21NO3. The summed E-state index contributed by atoms with van der Waals surface area (Å²) in [6, 6.07) is -0.00487. The van der Waals surface area contributed by atoms with Gasteiger partial charge in [0.1, 0.15) is 6.61 Å². The topological polar surface area (TPSA) is 61.5 Å². The van der Waals surface area contributed by atoms with E-state index in [1.165, 1.54) is 0 Å². The second-order valence-corrected chi connectivity index (χ2v) is 4.53. The van der Waals surface area contributed by atoms with Crippen LogP contribution in [0.4, 0.5) is 0 Å². The summed E-state index contributed by atoms with van der Waals surface area (Å²) in [6.45, 7) is 5.65. The van der Waals surface area contributed by atoms with E-state index in [0.29, 0.717) is 32.2 Å². The number of carbonyl (C=O) groups excluding carboxylic acids is 1. The van der Waals surface area contributed by atoms with E-state index < -0.39 is 0 Å². The number of hydrogen-bond acceptors (Lipinski definition) is 4. The van der Waals surface area contributed by atoms with Crippen LogP contribution in [0.3, 0.4) is 0 Å². The van der Waals surface area contributed by atoms with Crippen LogP contribution >= 0.6 is 0 Å². The molecule has 0 aromatic heterocycles. The molecule has 2 atom stereocenters. The maximum atomic E-state index is 11.5. The first-order valence-electron chi connectivity index (χ1n) is 5.78. The monoisotopic (exact) mass is 227 g/mol. The number of esters is 1. The van der Waals surface area contributed by atoms with Gasteiger partial charge in [0.15, 0.2) is 0 Å². The molecule has 0 aromatic carbocycles. The zero-order valence-electron chi connectivity index (χ0n) is 10.0. The van der Waals surface area contributed by atoms with Crippen molar-refractivity contribution in [2.24, 2.45) is 17.6 Å². The largest absolute Gasteiger partial charge is 0.463 e. The minimum atomic E-state index is -0.197. The maximum Gasteiger partial charge on any atom is 0.312 e. The van der Waals surface area contributed by atoms with Crippen LogP contribution in [-0.2, 0) is 14.3 Å². The number of ether oxygens (including phenoxy) is 2. The highest BCUT2D eigenvalue weighted by Gasteiger charge is 2.23. The van der Waals surface area contributed by atoms with Crippen LogP contribution in [0, 0.1) is 11.8 Å². The average Bonchev–Trinajstić information content (AvgIpc) is 2.63. The fraction of sp³-hybridized carbons (Fsp3) is 0.750. The van der Waals surface area contributed by atoms with Gasteiger partial charge < -0.3 is 15.2 Å². The van der Waals surface area contributed by atoms with E-state index in [9.17, 15) is 4.79 Å². The molecule has 0 fully saturated rings. The summed E-state index contributed by atoms with van der Waals surface area (Å²) in [7, 11) is 0. The molecule has 0 heterocycles. The first kappa shape index (κ1) is 13.2. The van der Waals surface area contributed by atoms with Gasteiger partial charge in [0, 0.05) is 12.6 Å². The highest BCUT2D eigenvalue weighted by Crippen LogP contribution is 2.17. The first-order valence-corrected chi connectivity index (χ1v) is 5.78. The first-order chi connectivity index (χ1) is 7.59. The molecule has 0 bridgehead atoms. The molecule has 0 amide bonds. The molecule has 4 heteroatoms. The van der Waals surface area contributed by atoms with Gasteiger partial charge in [0.25, 0.3) is 0 Å². The molecule has 0 spiro atoms. The van der Waals surface area contributed by atoms with Crippen LogP contribution in [0.2, 0.25) is 0 Å². The highest BCUT2D eigenvalue weighted by molar-refractivity contribution is 5.75. The van der Waals surface area contributed by atoms with Crippen LogP contribution in [0.5, 0.6) is 0 Å². The highest BCUT2D eigenvalue weighted by atomic mass is 16.6. The number of rotatable bonds is 6. The minimum Gasteiger partial charge on any atom is -0.463 e. The predicted octanol–water partition coefficient (Wildman–Crippen LogP) is 1.11. The molecule has 1 aliphatic carbocycles. The van der Waals surface area contributed by atoms with Crippen molar-refractivity contribution in [3.05, 3.63) is 12.2 Å². The van der Waals surface area contributed by atoms with E-state index in [2.05, 4.69) is 13.8 Å². The Morgan fingerprint density at radius 2 is 2.19 bits per heavy atom. The summed E-state index contributed by atoms with van der Waals surface area (Å²) in [6.07, 6.45) is 4.33. The van der Waals surface area contributed by atoms with Crippen LogP contribution in [0.1, 0.15) is 20.3 Å². The number of nitrogens with two attached hydrogens (primary N) is 1. The van der Waals surface area contributed by atoms with Gasteiger partial charge in [0.2, 0.25) is 0 Å². The molecule has 0 aliphatic heterocycles. The molecule has 0 aromatic rings. The Hall–Kier alpha value is -0.870. The third-order valence-electron chi connectivity index (χ3n) is 2.34. The van der Waals surface area contributed by atoms with E-state index in [1.54, 1.807) is 0 Å². The van der Waals surface area contributed by atoms with Crippen molar-refractivity contribution in [1.82, 2.24) is 0 Å². The lowest BCUT2D eigenvalue weighted by molar-refractivity contribution is -0.148. The third-order valence-corrected chi connectivity index (χ3v) is 2.34. The van der Waals surface area contributed by atoms with Crippen molar-refractivity contribution in [3.8, 4) is 0 Å². The molecule has 92 valence electrons. The van der Waals surface area contributed by atoms with Gasteiger partial charge in [-0.1, -0.05) is 26.0 Å². The van der Waals surface area contributed by atoms with Gasteiger partial charge in [-0.3, -0.25) is 4.79 Å². The van der Waals surface area contributed by atoms with Crippen LogP contribution in [0.25, 0.3) is 0 Å². The Morgan fingerprint density at radius 1 is 1.44 bits per heavy atom. The summed E-state index contributed by atoms with van der Waals surface area (Å²) < 4.78 is 10.4. The zero-order chi connectivity index (χ0) is 12.0. The van der Waals surface area contributed by atoms with Crippen molar-refractivity contribution in [1.29, 1.82) is 0 Å². The molecule has 16 heavy (non-hydrogen) atoms. The lowest BCUT2D eigenvalue weighted by atomic mass is 10.1. The lowest BCUT2D eigenvalue weighted by Gasteiger charge is -2.10. The second-order valence-electron chi connectivity index (χ2n) is 4.53. The van der Waals surface area contributed by atoms with Crippen molar-refractivity contribution in [3.63, 3.8) is 0 Å². The molecule has 4 nitrogen and oxygen atoms in total. The molecule has 1 rings (SSSR count). The maximum absolute atomic E-state index is 11.5.